The normalized spacial score (nSPS) is 44.8. The maximum absolute atomic E-state index is 10.4. The lowest BCUT2D eigenvalue weighted by Gasteiger charge is -2.48. The Labute approximate surface area is 79.9 Å². The van der Waals surface area contributed by atoms with E-state index in [9.17, 15) is 5.11 Å². The molecule has 2 heterocycles. The average molecular weight is 184 g/mol. The summed E-state index contributed by atoms with van der Waals surface area (Å²) in [7, 11) is 0. The summed E-state index contributed by atoms with van der Waals surface area (Å²) >= 11 is 0. The molecule has 0 aromatic rings. The standard InChI is InChI=1S/C10H20N2O/c11-5-3-10(13)4-7-12-6-1-2-9(10)8-12/h9,13H,1-8,11H2. The van der Waals surface area contributed by atoms with Gasteiger partial charge in [-0.2, -0.15) is 0 Å². The molecule has 13 heavy (non-hydrogen) atoms. The lowest BCUT2D eigenvalue weighted by molar-refractivity contribution is -0.0931. The lowest BCUT2D eigenvalue weighted by Crippen LogP contribution is -2.55. The molecule has 2 aliphatic rings. The fourth-order valence-corrected chi connectivity index (χ4v) is 2.83. The molecule has 0 aromatic heterocycles. The van der Waals surface area contributed by atoms with Gasteiger partial charge in [-0.1, -0.05) is 0 Å². The zero-order valence-corrected chi connectivity index (χ0v) is 8.21. The minimum absolute atomic E-state index is 0.439. The maximum Gasteiger partial charge on any atom is 0.0712 e. The van der Waals surface area contributed by atoms with Crippen molar-refractivity contribution in [2.24, 2.45) is 11.7 Å². The van der Waals surface area contributed by atoms with Crippen LogP contribution in [0.1, 0.15) is 25.7 Å². The Morgan fingerprint density at radius 2 is 2.31 bits per heavy atom. The van der Waals surface area contributed by atoms with Crippen LogP contribution in [-0.4, -0.2) is 41.8 Å². The summed E-state index contributed by atoms with van der Waals surface area (Å²) in [4.78, 5) is 2.47. The van der Waals surface area contributed by atoms with E-state index in [0.717, 1.165) is 25.9 Å². The van der Waals surface area contributed by atoms with Gasteiger partial charge in [0.1, 0.15) is 0 Å². The van der Waals surface area contributed by atoms with Crippen LogP contribution in [-0.2, 0) is 0 Å². The fourth-order valence-electron chi connectivity index (χ4n) is 2.83. The monoisotopic (exact) mass is 184 g/mol. The summed E-state index contributed by atoms with van der Waals surface area (Å²) in [6.07, 6.45) is 4.14. The molecular weight excluding hydrogens is 164 g/mol. The fraction of sp³-hybridized carbons (Fsp3) is 1.00. The topological polar surface area (TPSA) is 49.5 Å². The third kappa shape index (κ3) is 1.73. The molecule has 76 valence electrons. The van der Waals surface area contributed by atoms with Gasteiger partial charge in [-0.25, -0.2) is 0 Å². The summed E-state index contributed by atoms with van der Waals surface area (Å²) in [5, 5.41) is 10.4. The van der Waals surface area contributed by atoms with Gasteiger partial charge >= 0.3 is 0 Å². The zero-order chi connectivity index (χ0) is 9.31. The second kappa shape index (κ2) is 3.56. The van der Waals surface area contributed by atoms with Crippen LogP contribution in [0.2, 0.25) is 0 Å². The zero-order valence-electron chi connectivity index (χ0n) is 8.21. The summed E-state index contributed by atoms with van der Waals surface area (Å²) in [6.45, 7) is 4.01. The number of nitrogens with two attached hydrogens (primary N) is 1. The molecule has 0 aromatic carbocycles. The van der Waals surface area contributed by atoms with Gasteiger partial charge in [-0.05, 0) is 38.8 Å². The first-order chi connectivity index (χ1) is 6.24. The lowest BCUT2D eigenvalue weighted by atomic mass is 9.74. The maximum atomic E-state index is 10.4. The van der Waals surface area contributed by atoms with Crippen molar-refractivity contribution < 1.29 is 5.11 Å². The van der Waals surface area contributed by atoms with Gasteiger partial charge in [0.15, 0.2) is 0 Å². The Hall–Kier alpha value is -0.120. The number of hydrogen-bond acceptors (Lipinski definition) is 3. The van der Waals surface area contributed by atoms with E-state index >= 15 is 0 Å². The molecule has 3 atom stereocenters. The molecule has 2 fully saturated rings. The number of rotatable bonds is 2. The van der Waals surface area contributed by atoms with Crippen LogP contribution in [0.15, 0.2) is 0 Å². The van der Waals surface area contributed by atoms with Gasteiger partial charge in [-0.15, -0.1) is 0 Å². The first-order valence-corrected chi connectivity index (χ1v) is 5.39. The van der Waals surface area contributed by atoms with Crippen molar-refractivity contribution in [2.45, 2.75) is 31.3 Å². The van der Waals surface area contributed by atoms with E-state index in [1.54, 1.807) is 0 Å². The van der Waals surface area contributed by atoms with Crippen molar-refractivity contribution in [3.63, 3.8) is 0 Å². The third-order valence-electron chi connectivity index (χ3n) is 3.70. The van der Waals surface area contributed by atoms with Crippen molar-refractivity contribution in [3.8, 4) is 0 Å². The molecule has 3 nitrogen and oxygen atoms in total. The van der Waals surface area contributed by atoms with Gasteiger partial charge in [-0.3, -0.25) is 0 Å². The van der Waals surface area contributed by atoms with Crippen molar-refractivity contribution in [1.82, 2.24) is 4.90 Å². The van der Waals surface area contributed by atoms with Crippen molar-refractivity contribution in [1.29, 1.82) is 0 Å². The molecule has 0 spiro atoms. The molecule has 2 saturated heterocycles. The van der Waals surface area contributed by atoms with Crippen LogP contribution in [0.3, 0.4) is 0 Å². The van der Waals surface area contributed by atoms with Crippen LogP contribution in [0, 0.1) is 5.92 Å². The van der Waals surface area contributed by atoms with Crippen molar-refractivity contribution in [2.75, 3.05) is 26.2 Å². The number of nitrogens with zero attached hydrogens (tertiary/aromatic N) is 1. The highest BCUT2D eigenvalue weighted by Gasteiger charge is 2.41. The van der Waals surface area contributed by atoms with E-state index in [1.807, 2.05) is 0 Å². The Kier molecular flexibility index (Phi) is 2.58. The van der Waals surface area contributed by atoms with E-state index < -0.39 is 5.60 Å². The number of piperidine rings is 2. The molecule has 3 unspecified atom stereocenters. The van der Waals surface area contributed by atoms with Crippen LogP contribution in [0.25, 0.3) is 0 Å². The molecule has 3 N–H and O–H groups in total. The van der Waals surface area contributed by atoms with Gasteiger partial charge in [0, 0.05) is 19.0 Å². The summed E-state index contributed by atoms with van der Waals surface area (Å²) in [5.41, 5.74) is 5.10. The van der Waals surface area contributed by atoms with E-state index in [-0.39, 0.29) is 0 Å². The molecular formula is C10H20N2O. The first kappa shape index (κ1) is 9.44. The smallest absolute Gasteiger partial charge is 0.0712 e. The molecule has 2 bridgehead atoms. The average Bonchev–Trinajstić information content (AvgIpc) is 2.14. The van der Waals surface area contributed by atoms with E-state index in [4.69, 9.17) is 5.73 Å². The highest BCUT2D eigenvalue weighted by molar-refractivity contribution is 4.95. The highest BCUT2D eigenvalue weighted by Crippen LogP contribution is 2.36. The van der Waals surface area contributed by atoms with Crippen LogP contribution < -0.4 is 5.73 Å². The van der Waals surface area contributed by atoms with Gasteiger partial charge in [0.25, 0.3) is 0 Å². The predicted molar refractivity (Wildman–Crippen MR) is 52.4 cm³/mol. The number of fused-ring (bicyclic) bond motifs is 2. The van der Waals surface area contributed by atoms with Crippen molar-refractivity contribution >= 4 is 0 Å². The van der Waals surface area contributed by atoms with Crippen LogP contribution >= 0.6 is 0 Å². The minimum atomic E-state index is -0.439. The third-order valence-corrected chi connectivity index (χ3v) is 3.70. The summed E-state index contributed by atoms with van der Waals surface area (Å²) in [5.74, 6) is 0.485. The second-order valence-corrected chi connectivity index (χ2v) is 4.53. The molecule has 0 aliphatic carbocycles. The van der Waals surface area contributed by atoms with Gasteiger partial charge < -0.3 is 15.7 Å². The molecule has 0 radical (unpaired) electrons. The molecule has 2 rings (SSSR count). The largest absolute Gasteiger partial charge is 0.389 e. The molecule has 3 heteroatoms. The predicted octanol–water partition coefficient (Wildman–Crippen LogP) is 0.182. The Bertz CT molecular complexity index is 186. The molecule has 0 saturated carbocycles. The first-order valence-electron chi connectivity index (χ1n) is 5.39. The number of aliphatic hydroxyl groups is 1. The van der Waals surface area contributed by atoms with Gasteiger partial charge in [0.05, 0.1) is 5.60 Å². The second-order valence-electron chi connectivity index (χ2n) is 4.53. The molecule has 0 amide bonds. The minimum Gasteiger partial charge on any atom is -0.389 e. The van der Waals surface area contributed by atoms with E-state index in [2.05, 4.69) is 4.90 Å². The number of hydrogen-bond donors (Lipinski definition) is 2. The van der Waals surface area contributed by atoms with E-state index in [1.165, 1.54) is 19.4 Å². The highest BCUT2D eigenvalue weighted by atomic mass is 16.3. The van der Waals surface area contributed by atoms with Gasteiger partial charge in [0.2, 0.25) is 0 Å². The Balaban J connectivity index is 2.03. The SMILES string of the molecule is NCCC1(O)CCN2CCCC1C2. The Morgan fingerprint density at radius 1 is 1.46 bits per heavy atom. The van der Waals surface area contributed by atoms with Crippen molar-refractivity contribution in [3.05, 3.63) is 0 Å². The molecule has 2 aliphatic heterocycles. The van der Waals surface area contributed by atoms with Crippen LogP contribution in [0.4, 0.5) is 0 Å². The Morgan fingerprint density at radius 3 is 3.08 bits per heavy atom. The summed E-state index contributed by atoms with van der Waals surface area (Å²) in [6, 6.07) is 0. The summed E-state index contributed by atoms with van der Waals surface area (Å²) < 4.78 is 0. The van der Waals surface area contributed by atoms with Crippen LogP contribution in [0.5, 0.6) is 0 Å². The van der Waals surface area contributed by atoms with E-state index in [0.29, 0.717) is 12.5 Å². The quantitative estimate of drug-likeness (QED) is 0.644.